The normalized spacial score (nSPS) is 13.5. The Morgan fingerprint density at radius 3 is 1.61 bits per heavy atom. The molecular formula is C59H45N3. The van der Waals surface area contributed by atoms with Gasteiger partial charge in [0.25, 0.3) is 0 Å². The molecule has 9 aromatic carbocycles. The quantitative estimate of drug-likeness (QED) is 0.171. The Bertz CT molecular complexity index is 3530. The van der Waals surface area contributed by atoms with Gasteiger partial charge in [-0.2, -0.15) is 0 Å². The number of para-hydroxylation sites is 2. The average Bonchev–Trinajstić information content (AvgIpc) is 3.91. The van der Waals surface area contributed by atoms with Crippen molar-refractivity contribution in [3.63, 3.8) is 0 Å². The highest BCUT2D eigenvalue weighted by molar-refractivity contribution is 6.12. The fourth-order valence-electron chi connectivity index (χ4n) is 10.4. The summed E-state index contributed by atoms with van der Waals surface area (Å²) in [4.78, 5) is 0. The van der Waals surface area contributed by atoms with E-state index in [0.29, 0.717) is 0 Å². The lowest BCUT2D eigenvalue weighted by Crippen LogP contribution is -2.15. The van der Waals surface area contributed by atoms with Crippen LogP contribution in [0.2, 0.25) is 0 Å². The average molecular weight is 796 g/mol. The molecule has 62 heavy (non-hydrogen) atoms. The van der Waals surface area contributed by atoms with Crippen LogP contribution >= 0.6 is 0 Å². The van der Waals surface area contributed by atoms with E-state index >= 15 is 0 Å². The van der Waals surface area contributed by atoms with E-state index in [0.717, 1.165) is 17.7 Å². The summed E-state index contributed by atoms with van der Waals surface area (Å²) in [5.41, 5.74) is 26.4. The van der Waals surface area contributed by atoms with Crippen LogP contribution in [0.25, 0.3) is 88.4 Å². The van der Waals surface area contributed by atoms with E-state index in [1.807, 2.05) is 6.07 Å². The van der Waals surface area contributed by atoms with Crippen molar-refractivity contribution in [2.75, 3.05) is 0 Å². The van der Waals surface area contributed by atoms with Crippen molar-refractivity contribution in [2.45, 2.75) is 31.7 Å². The predicted molar refractivity (Wildman–Crippen MR) is 261 cm³/mol. The minimum Gasteiger partial charge on any atom is -0.324 e. The van der Waals surface area contributed by atoms with Crippen molar-refractivity contribution in [1.29, 1.82) is 0 Å². The van der Waals surface area contributed by atoms with Crippen LogP contribution in [0.3, 0.4) is 0 Å². The van der Waals surface area contributed by atoms with Crippen LogP contribution in [-0.2, 0) is 11.8 Å². The summed E-state index contributed by atoms with van der Waals surface area (Å²) in [5, 5.41) is 5.00. The summed E-state index contributed by atoms with van der Waals surface area (Å²) in [6.45, 7) is 4.71. The summed E-state index contributed by atoms with van der Waals surface area (Å²) in [7, 11) is 0. The molecule has 0 fully saturated rings. The number of hydrogen-bond donors (Lipinski definition) is 1. The third-order valence-electron chi connectivity index (χ3n) is 13.6. The van der Waals surface area contributed by atoms with E-state index in [9.17, 15) is 0 Å². The van der Waals surface area contributed by atoms with Crippen molar-refractivity contribution < 1.29 is 0 Å². The number of nitrogens with zero attached hydrogens (tertiary/aromatic N) is 2. The van der Waals surface area contributed by atoms with E-state index in [1.165, 1.54) is 99.4 Å². The molecule has 296 valence electrons. The maximum atomic E-state index is 6.66. The molecule has 0 saturated carbocycles. The van der Waals surface area contributed by atoms with Crippen LogP contribution in [0.5, 0.6) is 0 Å². The second-order valence-corrected chi connectivity index (χ2v) is 17.5. The van der Waals surface area contributed by atoms with E-state index in [-0.39, 0.29) is 11.5 Å². The molecule has 0 spiro atoms. The molecule has 2 N–H and O–H groups in total. The van der Waals surface area contributed by atoms with Crippen molar-refractivity contribution in [3.05, 3.63) is 229 Å². The van der Waals surface area contributed by atoms with Gasteiger partial charge < -0.3 is 14.9 Å². The Labute approximate surface area is 361 Å². The first-order chi connectivity index (χ1) is 30.4. The largest absolute Gasteiger partial charge is 0.324 e. The van der Waals surface area contributed by atoms with Gasteiger partial charge in [-0.25, -0.2) is 0 Å². The number of fused-ring (bicyclic) bond motifs is 9. The summed E-state index contributed by atoms with van der Waals surface area (Å²) < 4.78 is 4.86. The Morgan fingerprint density at radius 2 is 0.935 bits per heavy atom. The maximum Gasteiger partial charge on any atom is 0.0541 e. The standard InChI is InChI=1S/C59H45N3/c1-59(2)52-20-9-6-17-46(52)47-30-29-45(37-53(47)59)62-56-22-11-8-19-49(56)51-36-43(28-32-58(51)62)42-27-31-57-50(35-42)48-18-7-10-21-55(48)61(57)44-16-12-15-41(34-44)39-23-25-40(26-24-39)54(60)33-38-13-4-3-5-14-38/h3-32,34-37,54H,33,60H2,1-2H3. The lowest BCUT2D eigenvalue weighted by molar-refractivity contribution is 0.660. The number of rotatable bonds is 7. The smallest absolute Gasteiger partial charge is 0.0541 e. The summed E-state index contributed by atoms with van der Waals surface area (Å²) in [5.74, 6) is 0. The third kappa shape index (κ3) is 5.70. The predicted octanol–water partition coefficient (Wildman–Crippen LogP) is 14.8. The Hall–Kier alpha value is -7.46. The Kier molecular flexibility index (Phi) is 8.25. The summed E-state index contributed by atoms with van der Waals surface area (Å²) in [6.07, 6.45) is 0.814. The molecule has 0 saturated heterocycles. The number of nitrogens with two attached hydrogens (primary N) is 1. The lowest BCUT2D eigenvalue weighted by Gasteiger charge is -2.22. The molecule has 0 aliphatic heterocycles. The van der Waals surface area contributed by atoms with Crippen molar-refractivity contribution in [3.8, 4) is 44.8 Å². The van der Waals surface area contributed by atoms with Gasteiger partial charge >= 0.3 is 0 Å². The fourth-order valence-corrected chi connectivity index (χ4v) is 10.4. The van der Waals surface area contributed by atoms with Crippen LogP contribution < -0.4 is 5.73 Å². The summed E-state index contributed by atoms with van der Waals surface area (Å²) in [6, 6.07) is 75.7. The first-order valence-electron chi connectivity index (χ1n) is 21.7. The van der Waals surface area contributed by atoms with Crippen LogP contribution in [0.1, 0.15) is 42.1 Å². The number of aromatic nitrogens is 2. The van der Waals surface area contributed by atoms with Gasteiger partial charge in [-0.3, -0.25) is 0 Å². The summed E-state index contributed by atoms with van der Waals surface area (Å²) >= 11 is 0. The molecule has 11 aromatic rings. The molecule has 2 heterocycles. The van der Waals surface area contributed by atoms with Crippen LogP contribution in [0.15, 0.2) is 206 Å². The second-order valence-electron chi connectivity index (χ2n) is 17.5. The Morgan fingerprint density at radius 1 is 0.403 bits per heavy atom. The number of hydrogen-bond acceptors (Lipinski definition) is 1. The van der Waals surface area contributed by atoms with Crippen LogP contribution in [0.4, 0.5) is 0 Å². The van der Waals surface area contributed by atoms with Crippen LogP contribution in [-0.4, -0.2) is 9.13 Å². The molecule has 3 heteroatoms. The lowest BCUT2D eigenvalue weighted by atomic mass is 9.82. The molecule has 1 atom stereocenters. The zero-order valence-corrected chi connectivity index (χ0v) is 34.9. The van der Waals surface area contributed by atoms with E-state index in [1.54, 1.807) is 0 Å². The monoisotopic (exact) mass is 795 g/mol. The van der Waals surface area contributed by atoms with Crippen molar-refractivity contribution in [1.82, 2.24) is 9.13 Å². The van der Waals surface area contributed by atoms with Gasteiger partial charge in [-0.1, -0.05) is 159 Å². The minimum absolute atomic E-state index is 0.0512. The second kappa shape index (κ2) is 14.1. The molecule has 0 radical (unpaired) electrons. The fraction of sp³-hybridized carbons (Fsp3) is 0.0847. The van der Waals surface area contributed by atoms with E-state index < -0.39 is 0 Å². The van der Waals surface area contributed by atoms with Gasteiger partial charge in [0.05, 0.1) is 22.1 Å². The third-order valence-corrected chi connectivity index (χ3v) is 13.6. The topological polar surface area (TPSA) is 35.9 Å². The molecule has 1 aliphatic carbocycles. The number of benzene rings is 9. The van der Waals surface area contributed by atoms with E-state index in [4.69, 9.17) is 5.73 Å². The van der Waals surface area contributed by atoms with Gasteiger partial charge in [-0.15, -0.1) is 0 Å². The van der Waals surface area contributed by atoms with Gasteiger partial charge in [-0.05, 0) is 123 Å². The minimum atomic E-state index is -0.0667. The highest BCUT2D eigenvalue weighted by Crippen LogP contribution is 2.49. The first-order valence-corrected chi connectivity index (χ1v) is 21.7. The SMILES string of the molecule is CC1(C)c2ccccc2-c2ccc(-n3c4ccccc4c4cc(-c5ccc6c(c5)c5ccccc5n6-c5cccc(-c6ccc(C(N)Cc7ccccc7)cc6)c5)ccc43)cc21. The van der Waals surface area contributed by atoms with Crippen LogP contribution in [0, 0.1) is 0 Å². The molecule has 1 aliphatic rings. The zero-order chi connectivity index (χ0) is 41.5. The van der Waals surface area contributed by atoms with Gasteiger partial charge in [0.1, 0.15) is 0 Å². The molecular weight excluding hydrogens is 751 g/mol. The molecule has 0 bridgehead atoms. The highest BCUT2D eigenvalue weighted by atomic mass is 15.0. The highest BCUT2D eigenvalue weighted by Gasteiger charge is 2.35. The van der Waals surface area contributed by atoms with Crippen molar-refractivity contribution >= 4 is 43.6 Å². The van der Waals surface area contributed by atoms with E-state index in [2.05, 4.69) is 223 Å². The zero-order valence-electron chi connectivity index (χ0n) is 34.9. The van der Waals surface area contributed by atoms with Gasteiger partial charge in [0.2, 0.25) is 0 Å². The van der Waals surface area contributed by atoms with Gasteiger partial charge in [0, 0.05) is 44.4 Å². The van der Waals surface area contributed by atoms with Crippen molar-refractivity contribution in [2.24, 2.45) is 5.73 Å². The molecule has 3 nitrogen and oxygen atoms in total. The maximum absolute atomic E-state index is 6.66. The van der Waals surface area contributed by atoms with Gasteiger partial charge in [0.15, 0.2) is 0 Å². The molecule has 1 unspecified atom stereocenters. The molecule has 0 amide bonds. The molecule has 12 rings (SSSR count). The first kappa shape index (κ1) is 36.4. The Balaban J connectivity index is 0.917. The molecule has 2 aromatic heterocycles.